The minimum absolute atomic E-state index is 1.14. The smallest absolute Gasteiger partial charge is 0.0603 e. The van der Waals surface area contributed by atoms with Gasteiger partial charge in [-0.15, -0.1) is 11.3 Å². The molecule has 0 amide bonds. The van der Waals surface area contributed by atoms with Crippen molar-refractivity contribution >= 4 is 48.4 Å². The normalized spacial score (nSPS) is 11.7. The van der Waals surface area contributed by atoms with Crippen molar-refractivity contribution in [2.24, 2.45) is 7.05 Å². The maximum absolute atomic E-state index is 3.52. The summed E-state index contributed by atoms with van der Waals surface area (Å²) >= 11 is 5.39. The first-order valence-corrected chi connectivity index (χ1v) is 6.42. The topological polar surface area (TPSA) is 4.93 Å². The standard InChI is InChI=1S/C12H10BrNS/c1-7-5-11-12(15-7)9-4-3-8(13)6-10(9)14(11)2/h3-6H,1-2H3. The van der Waals surface area contributed by atoms with Crippen molar-refractivity contribution in [2.75, 3.05) is 0 Å². The summed E-state index contributed by atoms with van der Waals surface area (Å²) in [7, 11) is 2.13. The maximum Gasteiger partial charge on any atom is 0.0603 e. The highest BCUT2D eigenvalue weighted by Crippen LogP contribution is 2.35. The van der Waals surface area contributed by atoms with Crippen molar-refractivity contribution in [3.8, 4) is 0 Å². The Labute approximate surface area is 100 Å². The second-order valence-corrected chi connectivity index (χ2v) is 5.96. The maximum atomic E-state index is 3.52. The molecule has 0 spiro atoms. The van der Waals surface area contributed by atoms with Gasteiger partial charge in [0.1, 0.15) is 0 Å². The summed E-state index contributed by atoms with van der Waals surface area (Å²) in [6.45, 7) is 2.16. The van der Waals surface area contributed by atoms with Gasteiger partial charge in [0, 0.05) is 21.8 Å². The molecule has 1 nitrogen and oxygen atoms in total. The lowest BCUT2D eigenvalue weighted by Crippen LogP contribution is -1.85. The summed E-state index contributed by atoms with van der Waals surface area (Å²) in [5, 5.41) is 1.36. The first-order chi connectivity index (χ1) is 7.16. The molecule has 0 saturated carbocycles. The highest BCUT2D eigenvalue weighted by atomic mass is 79.9. The van der Waals surface area contributed by atoms with E-state index in [1.807, 2.05) is 11.3 Å². The molecule has 2 heterocycles. The predicted octanol–water partition coefficient (Wildman–Crippen LogP) is 4.46. The van der Waals surface area contributed by atoms with E-state index in [0.717, 1.165) is 4.47 Å². The van der Waals surface area contributed by atoms with Crippen LogP contribution in [0.5, 0.6) is 0 Å². The summed E-state index contributed by atoms with van der Waals surface area (Å²) in [4.78, 5) is 1.38. The minimum atomic E-state index is 1.14. The largest absolute Gasteiger partial charge is 0.343 e. The van der Waals surface area contributed by atoms with Crippen molar-refractivity contribution < 1.29 is 0 Å². The number of benzene rings is 1. The number of thiophene rings is 1. The average Bonchev–Trinajstić information content (AvgIpc) is 2.67. The Morgan fingerprint density at radius 3 is 2.80 bits per heavy atom. The van der Waals surface area contributed by atoms with E-state index in [2.05, 4.69) is 58.7 Å². The van der Waals surface area contributed by atoms with Crippen molar-refractivity contribution in [3.63, 3.8) is 0 Å². The van der Waals surface area contributed by atoms with Crippen LogP contribution >= 0.6 is 27.3 Å². The molecule has 3 heteroatoms. The van der Waals surface area contributed by atoms with Crippen molar-refractivity contribution in [1.29, 1.82) is 0 Å². The number of fused-ring (bicyclic) bond motifs is 3. The lowest BCUT2D eigenvalue weighted by Gasteiger charge is -1.97. The van der Waals surface area contributed by atoms with Crippen LogP contribution in [-0.2, 0) is 7.05 Å². The first-order valence-electron chi connectivity index (χ1n) is 4.81. The van der Waals surface area contributed by atoms with Crippen LogP contribution in [-0.4, -0.2) is 4.57 Å². The molecule has 0 bridgehead atoms. The quantitative estimate of drug-likeness (QED) is 0.573. The Kier molecular flexibility index (Phi) is 1.94. The average molecular weight is 280 g/mol. The van der Waals surface area contributed by atoms with Crippen LogP contribution in [0.3, 0.4) is 0 Å². The molecule has 1 aromatic carbocycles. The Balaban J connectivity index is 2.59. The molecule has 0 atom stereocenters. The predicted molar refractivity (Wildman–Crippen MR) is 70.7 cm³/mol. The van der Waals surface area contributed by atoms with Gasteiger partial charge in [-0.2, -0.15) is 0 Å². The molecule has 0 N–H and O–H groups in total. The fourth-order valence-electron chi connectivity index (χ4n) is 2.05. The van der Waals surface area contributed by atoms with Crippen molar-refractivity contribution in [3.05, 3.63) is 33.6 Å². The molecule has 0 radical (unpaired) electrons. The van der Waals surface area contributed by atoms with Gasteiger partial charge in [-0.1, -0.05) is 22.0 Å². The number of halogens is 1. The van der Waals surface area contributed by atoms with Crippen LogP contribution in [0.2, 0.25) is 0 Å². The van der Waals surface area contributed by atoms with Crippen LogP contribution in [0.1, 0.15) is 4.88 Å². The number of hydrogen-bond donors (Lipinski definition) is 0. The lowest BCUT2D eigenvalue weighted by molar-refractivity contribution is 1.01. The Hall–Kier alpha value is -0.800. The van der Waals surface area contributed by atoms with Crippen LogP contribution in [0.25, 0.3) is 21.1 Å². The molecule has 76 valence electrons. The fraction of sp³-hybridized carbons (Fsp3) is 0.167. The molecular weight excluding hydrogens is 270 g/mol. The Morgan fingerprint density at radius 2 is 2.00 bits per heavy atom. The molecular formula is C12H10BrNS. The Bertz CT molecular complexity index is 663. The summed E-state index contributed by atoms with van der Waals surface area (Å²) in [5.74, 6) is 0. The van der Waals surface area contributed by atoms with Crippen LogP contribution in [0.4, 0.5) is 0 Å². The van der Waals surface area contributed by atoms with Gasteiger partial charge in [0.15, 0.2) is 0 Å². The molecule has 0 aliphatic heterocycles. The monoisotopic (exact) mass is 279 g/mol. The molecule has 0 fully saturated rings. The molecule has 3 rings (SSSR count). The molecule has 2 aromatic heterocycles. The van der Waals surface area contributed by atoms with E-state index < -0.39 is 0 Å². The van der Waals surface area contributed by atoms with Crippen LogP contribution in [0.15, 0.2) is 28.7 Å². The highest BCUT2D eigenvalue weighted by molar-refractivity contribution is 9.10. The van der Waals surface area contributed by atoms with E-state index in [1.165, 1.54) is 26.0 Å². The zero-order valence-electron chi connectivity index (χ0n) is 8.54. The van der Waals surface area contributed by atoms with Gasteiger partial charge in [-0.3, -0.25) is 0 Å². The van der Waals surface area contributed by atoms with Gasteiger partial charge < -0.3 is 4.57 Å². The zero-order valence-corrected chi connectivity index (χ0v) is 10.9. The molecule has 0 aliphatic rings. The third kappa shape index (κ3) is 1.26. The van der Waals surface area contributed by atoms with Crippen molar-refractivity contribution in [1.82, 2.24) is 4.57 Å². The summed E-state index contributed by atoms with van der Waals surface area (Å²) in [6, 6.07) is 8.74. The molecule has 15 heavy (non-hydrogen) atoms. The SMILES string of the molecule is Cc1cc2c(s1)c1ccc(Br)cc1n2C. The summed E-state index contributed by atoms with van der Waals surface area (Å²) in [6.07, 6.45) is 0. The number of hydrogen-bond acceptors (Lipinski definition) is 1. The van der Waals surface area contributed by atoms with Crippen LogP contribution < -0.4 is 0 Å². The van der Waals surface area contributed by atoms with E-state index >= 15 is 0 Å². The third-order valence-electron chi connectivity index (χ3n) is 2.76. The van der Waals surface area contributed by atoms with E-state index in [-0.39, 0.29) is 0 Å². The molecule has 3 aromatic rings. The third-order valence-corrected chi connectivity index (χ3v) is 4.33. The summed E-state index contributed by atoms with van der Waals surface area (Å²) in [5.41, 5.74) is 2.64. The van der Waals surface area contributed by atoms with Gasteiger partial charge in [0.2, 0.25) is 0 Å². The number of nitrogens with zero attached hydrogens (tertiary/aromatic N) is 1. The molecule has 0 aliphatic carbocycles. The lowest BCUT2D eigenvalue weighted by atomic mass is 10.2. The van der Waals surface area contributed by atoms with Gasteiger partial charge in [-0.05, 0) is 25.1 Å². The van der Waals surface area contributed by atoms with E-state index in [9.17, 15) is 0 Å². The van der Waals surface area contributed by atoms with Gasteiger partial charge >= 0.3 is 0 Å². The van der Waals surface area contributed by atoms with Crippen LogP contribution in [0, 0.1) is 6.92 Å². The van der Waals surface area contributed by atoms with Gasteiger partial charge in [0.25, 0.3) is 0 Å². The van der Waals surface area contributed by atoms with Gasteiger partial charge in [0.05, 0.1) is 15.7 Å². The fourth-order valence-corrected chi connectivity index (χ4v) is 3.47. The van der Waals surface area contributed by atoms with Gasteiger partial charge in [-0.25, -0.2) is 0 Å². The highest BCUT2D eigenvalue weighted by Gasteiger charge is 2.10. The second kappa shape index (κ2) is 3.09. The first kappa shape index (κ1) is 9.43. The Morgan fingerprint density at radius 1 is 1.20 bits per heavy atom. The molecule has 0 saturated heterocycles. The van der Waals surface area contributed by atoms with E-state index in [0.29, 0.717) is 0 Å². The number of rotatable bonds is 0. The zero-order chi connectivity index (χ0) is 10.6. The number of aromatic nitrogens is 1. The summed E-state index contributed by atoms with van der Waals surface area (Å²) < 4.78 is 4.80. The van der Waals surface area contributed by atoms with E-state index in [4.69, 9.17) is 0 Å². The van der Waals surface area contributed by atoms with Crippen molar-refractivity contribution in [2.45, 2.75) is 6.92 Å². The molecule has 0 unspecified atom stereocenters. The van der Waals surface area contributed by atoms with E-state index in [1.54, 1.807) is 0 Å². The second-order valence-electron chi connectivity index (χ2n) is 3.79. The minimum Gasteiger partial charge on any atom is -0.343 e. The number of aryl methyl sites for hydroxylation is 2.